The minimum Gasteiger partial charge on any atom is -0.456 e. The lowest BCUT2D eigenvalue weighted by molar-refractivity contribution is -0.149. The van der Waals surface area contributed by atoms with E-state index >= 15 is 0 Å². The number of anilines is 1. The molecule has 1 aliphatic heterocycles. The highest BCUT2D eigenvalue weighted by Crippen LogP contribution is 2.56. The van der Waals surface area contributed by atoms with Gasteiger partial charge in [-0.15, -0.1) is 0 Å². The number of halogens is 1. The topological polar surface area (TPSA) is 92.8 Å². The number of hydrogen-bond donors (Lipinski definition) is 1. The van der Waals surface area contributed by atoms with Crippen LogP contribution in [0.4, 0.5) is 5.69 Å². The first-order chi connectivity index (χ1) is 13.5. The maximum atomic E-state index is 12.6. The standard InChI is InChI=1S/C20H21ClN2O5/c21-13-3-1-2-4-14(13)22-15(24)10-28-16(25)7-8-23-19(26)17-11-5-6-12(9-11)18(17)20(23)27/h1-4,11-12,17-18H,5-10H2,(H,22,24)/t11-,12-,17-,18-/m0/s1. The van der Waals surface area contributed by atoms with Crippen LogP contribution < -0.4 is 5.32 Å². The summed E-state index contributed by atoms with van der Waals surface area (Å²) < 4.78 is 4.95. The summed E-state index contributed by atoms with van der Waals surface area (Å²) in [6.07, 6.45) is 2.89. The lowest BCUT2D eigenvalue weighted by Crippen LogP contribution is -2.35. The summed E-state index contributed by atoms with van der Waals surface area (Å²) in [5, 5.41) is 2.94. The van der Waals surface area contributed by atoms with Gasteiger partial charge in [-0.05, 0) is 43.2 Å². The summed E-state index contributed by atoms with van der Waals surface area (Å²) in [7, 11) is 0. The molecule has 2 bridgehead atoms. The van der Waals surface area contributed by atoms with E-state index in [2.05, 4.69) is 5.32 Å². The second-order valence-corrected chi connectivity index (χ2v) is 8.06. The molecule has 0 spiro atoms. The van der Waals surface area contributed by atoms with Crippen molar-refractivity contribution >= 4 is 41.0 Å². The maximum absolute atomic E-state index is 12.6. The Morgan fingerprint density at radius 2 is 1.75 bits per heavy atom. The number of nitrogens with one attached hydrogen (secondary N) is 1. The Labute approximate surface area is 167 Å². The summed E-state index contributed by atoms with van der Waals surface area (Å²) >= 11 is 5.95. The van der Waals surface area contributed by atoms with Crippen molar-refractivity contribution in [1.29, 1.82) is 0 Å². The number of esters is 1. The summed E-state index contributed by atoms with van der Waals surface area (Å²) in [6, 6.07) is 6.73. The summed E-state index contributed by atoms with van der Waals surface area (Å²) in [5.41, 5.74) is 0.430. The highest BCUT2D eigenvalue weighted by atomic mass is 35.5. The molecule has 3 aliphatic rings. The number of fused-ring (bicyclic) bond motifs is 5. The van der Waals surface area contributed by atoms with Crippen molar-refractivity contribution in [3.8, 4) is 0 Å². The molecule has 0 aromatic heterocycles. The van der Waals surface area contributed by atoms with Crippen molar-refractivity contribution in [3.05, 3.63) is 29.3 Å². The smallest absolute Gasteiger partial charge is 0.308 e. The molecule has 1 heterocycles. The average Bonchev–Trinajstić information content (AvgIpc) is 3.35. The Balaban J connectivity index is 1.24. The molecule has 1 saturated heterocycles. The Morgan fingerprint density at radius 1 is 1.11 bits per heavy atom. The molecule has 8 heteroatoms. The minimum atomic E-state index is -0.630. The highest BCUT2D eigenvalue weighted by Gasteiger charge is 2.60. The molecule has 2 saturated carbocycles. The molecule has 28 heavy (non-hydrogen) atoms. The van der Waals surface area contributed by atoms with Crippen LogP contribution in [0, 0.1) is 23.7 Å². The van der Waals surface area contributed by atoms with Gasteiger partial charge in [0.15, 0.2) is 6.61 Å². The number of benzene rings is 1. The normalized spacial score (nSPS) is 27.8. The van der Waals surface area contributed by atoms with Crippen LogP contribution in [0.5, 0.6) is 0 Å². The average molecular weight is 405 g/mol. The summed E-state index contributed by atoms with van der Waals surface area (Å²) in [5.74, 6) is -1.19. The zero-order chi connectivity index (χ0) is 19.8. The van der Waals surface area contributed by atoms with Gasteiger partial charge in [-0.1, -0.05) is 23.7 Å². The van der Waals surface area contributed by atoms with Gasteiger partial charge < -0.3 is 10.1 Å². The number of nitrogens with zero attached hydrogens (tertiary/aromatic N) is 1. The van der Waals surface area contributed by atoms with E-state index in [1.165, 1.54) is 4.90 Å². The van der Waals surface area contributed by atoms with Crippen LogP contribution in [0.3, 0.4) is 0 Å². The van der Waals surface area contributed by atoms with Crippen molar-refractivity contribution in [3.63, 3.8) is 0 Å². The molecule has 2 aliphatic carbocycles. The Hall–Kier alpha value is -2.41. The van der Waals surface area contributed by atoms with Gasteiger partial charge in [0, 0.05) is 6.54 Å². The van der Waals surface area contributed by atoms with Gasteiger partial charge in [0.25, 0.3) is 5.91 Å². The molecular formula is C20H21ClN2O5. The first-order valence-corrected chi connectivity index (χ1v) is 9.88. The van der Waals surface area contributed by atoms with Gasteiger partial charge in [-0.25, -0.2) is 0 Å². The van der Waals surface area contributed by atoms with E-state index in [1.54, 1.807) is 24.3 Å². The third-order valence-corrected chi connectivity index (χ3v) is 6.40. The van der Waals surface area contributed by atoms with Crippen LogP contribution in [-0.2, 0) is 23.9 Å². The van der Waals surface area contributed by atoms with E-state index in [4.69, 9.17) is 16.3 Å². The number of ether oxygens (including phenoxy) is 1. The molecular weight excluding hydrogens is 384 g/mol. The first kappa shape index (κ1) is 18.9. The molecule has 3 fully saturated rings. The SMILES string of the molecule is O=C(COC(=O)CCN1C(=O)[C@H]2[C@H]3CC[C@@H](C3)[C@@H]2C1=O)Nc1ccccc1Cl. The van der Waals surface area contributed by atoms with Crippen LogP contribution in [0.1, 0.15) is 25.7 Å². The van der Waals surface area contributed by atoms with Crippen LogP contribution >= 0.6 is 11.6 Å². The molecule has 148 valence electrons. The fourth-order valence-corrected chi connectivity index (χ4v) is 5.04. The fraction of sp³-hybridized carbons (Fsp3) is 0.500. The number of carbonyl (C=O) groups excluding carboxylic acids is 4. The van der Waals surface area contributed by atoms with Gasteiger partial charge in [-0.2, -0.15) is 0 Å². The molecule has 1 aromatic rings. The zero-order valence-corrected chi connectivity index (χ0v) is 16.0. The molecule has 1 N–H and O–H groups in total. The second-order valence-electron chi connectivity index (χ2n) is 7.65. The molecule has 3 amide bonds. The van der Waals surface area contributed by atoms with Crippen molar-refractivity contribution < 1.29 is 23.9 Å². The monoisotopic (exact) mass is 404 g/mol. The number of amides is 3. The predicted octanol–water partition coefficient (Wildman–Crippen LogP) is 2.24. The number of hydrogen-bond acceptors (Lipinski definition) is 5. The van der Waals surface area contributed by atoms with Crippen molar-refractivity contribution in [2.45, 2.75) is 25.7 Å². The number of para-hydroxylation sites is 1. The zero-order valence-electron chi connectivity index (χ0n) is 15.2. The lowest BCUT2D eigenvalue weighted by Gasteiger charge is -2.19. The van der Waals surface area contributed by atoms with Crippen molar-refractivity contribution in [2.75, 3.05) is 18.5 Å². The molecule has 1 aromatic carbocycles. The van der Waals surface area contributed by atoms with Gasteiger partial charge in [0.2, 0.25) is 11.8 Å². The van der Waals surface area contributed by atoms with Crippen molar-refractivity contribution in [2.24, 2.45) is 23.7 Å². The van der Waals surface area contributed by atoms with Gasteiger partial charge in [0.05, 0.1) is 29.0 Å². The van der Waals surface area contributed by atoms with Crippen LogP contribution in [-0.4, -0.2) is 41.7 Å². The minimum absolute atomic E-state index is 0.00900. The van der Waals surface area contributed by atoms with Crippen LogP contribution in [0.15, 0.2) is 24.3 Å². The Bertz CT molecular complexity index is 814. The van der Waals surface area contributed by atoms with Crippen LogP contribution in [0.2, 0.25) is 5.02 Å². The lowest BCUT2D eigenvalue weighted by atomic mass is 9.81. The largest absolute Gasteiger partial charge is 0.456 e. The molecule has 4 rings (SSSR count). The van der Waals surface area contributed by atoms with Gasteiger partial charge in [0.1, 0.15) is 0 Å². The number of imide groups is 1. The Kier molecular flexibility index (Phi) is 5.10. The number of rotatable bonds is 6. The van der Waals surface area contributed by atoms with E-state index in [-0.39, 0.29) is 36.6 Å². The molecule has 4 atom stereocenters. The third-order valence-electron chi connectivity index (χ3n) is 6.07. The third kappa shape index (κ3) is 3.39. The molecule has 0 unspecified atom stereocenters. The van der Waals surface area contributed by atoms with Gasteiger partial charge >= 0.3 is 5.97 Å². The van der Waals surface area contributed by atoms with E-state index in [9.17, 15) is 19.2 Å². The van der Waals surface area contributed by atoms with E-state index in [0.29, 0.717) is 22.5 Å². The molecule has 7 nitrogen and oxygen atoms in total. The maximum Gasteiger partial charge on any atom is 0.308 e. The highest BCUT2D eigenvalue weighted by molar-refractivity contribution is 6.33. The molecule has 0 radical (unpaired) electrons. The van der Waals surface area contributed by atoms with E-state index in [1.807, 2.05) is 0 Å². The predicted molar refractivity (Wildman–Crippen MR) is 100 cm³/mol. The fourth-order valence-electron chi connectivity index (χ4n) is 4.86. The van der Waals surface area contributed by atoms with Crippen LogP contribution in [0.25, 0.3) is 0 Å². The van der Waals surface area contributed by atoms with Crippen molar-refractivity contribution in [1.82, 2.24) is 4.90 Å². The van der Waals surface area contributed by atoms with E-state index < -0.39 is 18.5 Å². The quantitative estimate of drug-likeness (QED) is 0.579. The summed E-state index contributed by atoms with van der Waals surface area (Å²) in [4.78, 5) is 50.2. The Morgan fingerprint density at radius 3 is 2.39 bits per heavy atom. The van der Waals surface area contributed by atoms with E-state index in [0.717, 1.165) is 19.3 Å². The number of likely N-dealkylation sites (tertiary alicyclic amines) is 1. The number of carbonyl (C=O) groups is 4. The first-order valence-electron chi connectivity index (χ1n) is 9.51. The van der Waals surface area contributed by atoms with Gasteiger partial charge in [-0.3, -0.25) is 24.1 Å². The second kappa shape index (κ2) is 7.54. The summed E-state index contributed by atoms with van der Waals surface area (Å²) in [6.45, 7) is -0.448.